The van der Waals surface area contributed by atoms with E-state index in [1.165, 1.54) is 55.9 Å². The van der Waals surface area contributed by atoms with Gasteiger partial charge in [0.2, 0.25) is 0 Å². The van der Waals surface area contributed by atoms with Crippen molar-refractivity contribution in [1.29, 1.82) is 0 Å². The van der Waals surface area contributed by atoms with Gasteiger partial charge in [-0.05, 0) is 123 Å². The van der Waals surface area contributed by atoms with Crippen LogP contribution >= 0.6 is 0 Å². The first-order chi connectivity index (χ1) is 17.3. The first kappa shape index (κ1) is 24.1. The van der Waals surface area contributed by atoms with Gasteiger partial charge in [0.1, 0.15) is 0 Å². The Bertz CT molecular complexity index is 1220. The van der Waals surface area contributed by atoms with E-state index >= 15 is 0 Å². The van der Waals surface area contributed by atoms with Crippen molar-refractivity contribution in [2.75, 3.05) is 36.0 Å². The second-order valence-corrected chi connectivity index (χ2v) is 10.2. The minimum Gasteiger partial charge on any atom is -0.367 e. The van der Waals surface area contributed by atoms with Crippen molar-refractivity contribution in [1.82, 2.24) is 9.97 Å². The summed E-state index contributed by atoms with van der Waals surface area (Å²) >= 11 is 0. The number of aryl methyl sites for hydroxylation is 4. The number of hydrogen-bond donors (Lipinski definition) is 0. The molecule has 1 aliphatic rings. The molecular formula is C32H36N4. The zero-order valence-corrected chi connectivity index (χ0v) is 22.4. The molecule has 0 amide bonds. The lowest BCUT2D eigenvalue weighted by Crippen LogP contribution is -2.46. The molecule has 3 heterocycles. The smallest absolute Gasteiger partial charge is 0.0703 e. The lowest BCUT2D eigenvalue weighted by molar-refractivity contribution is 0.652. The van der Waals surface area contributed by atoms with Gasteiger partial charge in [0.15, 0.2) is 0 Å². The van der Waals surface area contributed by atoms with Crippen LogP contribution in [0.15, 0.2) is 60.9 Å². The van der Waals surface area contributed by atoms with E-state index in [4.69, 9.17) is 9.97 Å². The van der Waals surface area contributed by atoms with Crippen molar-refractivity contribution < 1.29 is 0 Å². The molecule has 0 saturated carbocycles. The van der Waals surface area contributed by atoms with Gasteiger partial charge in [0.05, 0.1) is 35.2 Å². The van der Waals surface area contributed by atoms with Crippen LogP contribution in [0.1, 0.15) is 33.4 Å². The second kappa shape index (κ2) is 9.77. The summed E-state index contributed by atoms with van der Waals surface area (Å²) in [5, 5.41) is 0. The third-order valence-electron chi connectivity index (χ3n) is 7.95. The standard InChI is InChI=1S/C32H36N4/c1-21-15-27(16-22(2)25(21)5)31-9-7-29(19-33-31)35-11-13-36(14-12-35)30-8-10-32(34-20-30)28-17-23(3)26(6)24(4)18-28/h7-10,15-20H,11-14H2,1-6H3. The summed E-state index contributed by atoms with van der Waals surface area (Å²) in [6.07, 6.45) is 4.05. The van der Waals surface area contributed by atoms with Crippen LogP contribution in [0.4, 0.5) is 11.4 Å². The summed E-state index contributed by atoms with van der Waals surface area (Å²) in [5.74, 6) is 0. The number of benzene rings is 2. The van der Waals surface area contributed by atoms with Crippen molar-refractivity contribution in [3.63, 3.8) is 0 Å². The number of hydrogen-bond acceptors (Lipinski definition) is 4. The molecule has 2 aromatic heterocycles. The van der Waals surface area contributed by atoms with Gasteiger partial charge in [-0.25, -0.2) is 0 Å². The first-order valence-corrected chi connectivity index (χ1v) is 12.9. The highest BCUT2D eigenvalue weighted by Crippen LogP contribution is 2.28. The zero-order valence-electron chi connectivity index (χ0n) is 22.4. The molecule has 4 nitrogen and oxygen atoms in total. The average Bonchev–Trinajstić information content (AvgIpc) is 2.90. The average molecular weight is 477 g/mol. The highest BCUT2D eigenvalue weighted by molar-refractivity contribution is 5.66. The summed E-state index contributed by atoms with van der Waals surface area (Å²) < 4.78 is 0. The van der Waals surface area contributed by atoms with Gasteiger partial charge >= 0.3 is 0 Å². The van der Waals surface area contributed by atoms with Crippen molar-refractivity contribution in [3.8, 4) is 22.5 Å². The molecule has 184 valence electrons. The summed E-state index contributed by atoms with van der Waals surface area (Å²) in [7, 11) is 0. The Balaban J connectivity index is 1.23. The van der Waals surface area contributed by atoms with Crippen molar-refractivity contribution >= 4 is 11.4 Å². The van der Waals surface area contributed by atoms with Crippen LogP contribution in [0.5, 0.6) is 0 Å². The van der Waals surface area contributed by atoms with Crippen LogP contribution in [0, 0.1) is 41.5 Å². The van der Waals surface area contributed by atoms with E-state index in [-0.39, 0.29) is 0 Å². The fourth-order valence-electron chi connectivity index (χ4n) is 5.08. The molecule has 5 rings (SSSR count). The van der Waals surface area contributed by atoms with E-state index in [1.54, 1.807) is 0 Å². The quantitative estimate of drug-likeness (QED) is 0.318. The molecule has 4 heteroatoms. The van der Waals surface area contributed by atoms with Crippen LogP contribution in [-0.4, -0.2) is 36.1 Å². The number of rotatable bonds is 4. The van der Waals surface area contributed by atoms with Gasteiger partial charge in [-0.15, -0.1) is 0 Å². The van der Waals surface area contributed by atoms with Gasteiger partial charge < -0.3 is 9.80 Å². The molecule has 0 unspecified atom stereocenters. The Kier molecular flexibility index (Phi) is 6.53. The van der Waals surface area contributed by atoms with E-state index in [2.05, 4.69) is 99.9 Å². The molecule has 1 aliphatic heterocycles. The molecule has 2 aromatic carbocycles. The van der Waals surface area contributed by atoms with Gasteiger partial charge in [-0.2, -0.15) is 0 Å². The number of pyridine rings is 2. The lowest BCUT2D eigenvalue weighted by Gasteiger charge is -2.37. The molecule has 1 fully saturated rings. The maximum atomic E-state index is 4.80. The Morgan fingerprint density at radius 1 is 0.500 bits per heavy atom. The van der Waals surface area contributed by atoms with E-state index in [9.17, 15) is 0 Å². The van der Waals surface area contributed by atoms with Gasteiger partial charge in [0, 0.05) is 37.3 Å². The van der Waals surface area contributed by atoms with E-state index in [1.807, 2.05) is 12.4 Å². The van der Waals surface area contributed by atoms with Crippen LogP contribution in [0.25, 0.3) is 22.5 Å². The van der Waals surface area contributed by atoms with Gasteiger partial charge in [-0.1, -0.05) is 0 Å². The van der Waals surface area contributed by atoms with Crippen molar-refractivity contribution in [3.05, 3.63) is 94.3 Å². The predicted molar refractivity (Wildman–Crippen MR) is 152 cm³/mol. The molecule has 0 aliphatic carbocycles. The second-order valence-electron chi connectivity index (χ2n) is 10.2. The lowest BCUT2D eigenvalue weighted by atomic mass is 9.99. The summed E-state index contributed by atoms with van der Waals surface area (Å²) in [6.45, 7) is 17.0. The molecular weight excluding hydrogens is 440 g/mol. The third-order valence-corrected chi connectivity index (χ3v) is 7.95. The van der Waals surface area contributed by atoms with Gasteiger partial charge in [-0.3, -0.25) is 9.97 Å². The van der Waals surface area contributed by atoms with Crippen molar-refractivity contribution in [2.24, 2.45) is 0 Å². The van der Waals surface area contributed by atoms with E-state index < -0.39 is 0 Å². The highest BCUT2D eigenvalue weighted by Gasteiger charge is 2.18. The molecule has 0 atom stereocenters. The Hall–Kier alpha value is -3.66. The van der Waals surface area contributed by atoms with E-state index in [0.717, 1.165) is 37.6 Å². The third kappa shape index (κ3) is 4.73. The number of anilines is 2. The Morgan fingerprint density at radius 2 is 0.833 bits per heavy atom. The molecule has 0 N–H and O–H groups in total. The summed E-state index contributed by atoms with van der Waals surface area (Å²) in [6, 6.07) is 17.7. The molecule has 36 heavy (non-hydrogen) atoms. The molecule has 4 aromatic rings. The van der Waals surface area contributed by atoms with E-state index in [0.29, 0.717) is 0 Å². The fourth-order valence-corrected chi connectivity index (χ4v) is 5.08. The first-order valence-electron chi connectivity index (χ1n) is 12.9. The predicted octanol–water partition coefficient (Wildman–Crippen LogP) is 6.99. The molecule has 1 saturated heterocycles. The largest absolute Gasteiger partial charge is 0.367 e. The highest BCUT2D eigenvalue weighted by atomic mass is 15.3. The summed E-state index contributed by atoms with van der Waals surface area (Å²) in [5.41, 5.74) is 14.8. The van der Waals surface area contributed by atoms with Crippen LogP contribution in [0.3, 0.4) is 0 Å². The SMILES string of the molecule is Cc1cc(-c2ccc(N3CCN(c4ccc(-c5cc(C)c(C)c(C)c5)nc4)CC3)cn2)cc(C)c1C. The topological polar surface area (TPSA) is 32.3 Å². The van der Waals surface area contributed by atoms with Crippen LogP contribution in [-0.2, 0) is 0 Å². The Labute approximate surface area is 215 Å². The number of piperazine rings is 1. The maximum absolute atomic E-state index is 4.80. The van der Waals surface area contributed by atoms with Crippen LogP contribution in [0.2, 0.25) is 0 Å². The molecule has 0 radical (unpaired) electrons. The Morgan fingerprint density at radius 3 is 1.11 bits per heavy atom. The van der Waals surface area contributed by atoms with Crippen LogP contribution < -0.4 is 9.80 Å². The van der Waals surface area contributed by atoms with Gasteiger partial charge in [0.25, 0.3) is 0 Å². The van der Waals surface area contributed by atoms with Crippen molar-refractivity contribution in [2.45, 2.75) is 41.5 Å². The molecule has 0 spiro atoms. The molecule has 0 bridgehead atoms. The number of aromatic nitrogens is 2. The normalized spacial score (nSPS) is 13.8. The zero-order chi connectivity index (χ0) is 25.4. The fraction of sp³-hybridized carbons (Fsp3) is 0.312. The maximum Gasteiger partial charge on any atom is 0.0703 e. The minimum atomic E-state index is 0.974. The summed E-state index contributed by atoms with van der Waals surface area (Å²) in [4.78, 5) is 14.5. The minimum absolute atomic E-state index is 0.974. The monoisotopic (exact) mass is 476 g/mol. The number of nitrogens with zero attached hydrogens (tertiary/aromatic N) is 4.